The zero-order valence-electron chi connectivity index (χ0n) is 12.2. The van der Waals surface area contributed by atoms with Crippen LogP contribution >= 0.6 is 0 Å². The van der Waals surface area contributed by atoms with Crippen molar-refractivity contribution in [1.29, 1.82) is 0 Å². The van der Waals surface area contributed by atoms with E-state index in [4.69, 9.17) is 0 Å². The molecular weight excluding hydrogens is 268 g/mol. The van der Waals surface area contributed by atoms with E-state index in [1.54, 1.807) is 37.3 Å². The molecule has 0 radical (unpaired) electrons. The van der Waals surface area contributed by atoms with Gasteiger partial charge in [-0.05, 0) is 31.0 Å². The first kappa shape index (κ1) is 14.8. The topological polar surface area (TPSA) is 90.4 Å². The summed E-state index contributed by atoms with van der Waals surface area (Å²) in [4.78, 5) is 11.9. The van der Waals surface area contributed by atoms with Gasteiger partial charge in [-0.1, -0.05) is 26.0 Å². The van der Waals surface area contributed by atoms with Gasteiger partial charge in [-0.2, -0.15) is 10.2 Å². The highest BCUT2D eigenvalue weighted by Gasteiger charge is 2.11. The number of aromatic amines is 1. The molecule has 6 heteroatoms. The predicted molar refractivity (Wildman–Crippen MR) is 80.5 cm³/mol. The van der Waals surface area contributed by atoms with E-state index in [1.165, 1.54) is 0 Å². The Hall–Kier alpha value is -2.63. The summed E-state index contributed by atoms with van der Waals surface area (Å²) in [6.07, 6.45) is 0. The molecule has 0 aliphatic heterocycles. The number of benzene rings is 1. The molecular formula is C15H18N4O2. The summed E-state index contributed by atoms with van der Waals surface area (Å²) in [6.45, 7) is 5.78. The molecule has 0 aliphatic rings. The minimum Gasteiger partial charge on any atom is -0.508 e. The molecule has 21 heavy (non-hydrogen) atoms. The first-order valence-corrected chi connectivity index (χ1v) is 6.66. The highest BCUT2D eigenvalue weighted by atomic mass is 16.3. The summed E-state index contributed by atoms with van der Waals surface area (Å²) in [7, 11) is 0. The lowest BCUT2D eigenvalue weighted by Crippen LogP contribution is -2.19. The number of carbonyl (C=O) groups excluding carboxylic acids is 1. The SMILES string of the molecule is C/C(=N/NC(=O)c1cc(C(C)C)[nH]n1)c1cccc(O)c1. The number of hydrogen-bond acceptors (Lipinski definition) is 4. The number of aromatic hydroxyl groups is 1. The third-order valence-electron chi connectivity index (χ3n) is 3.04. The van der Waals surface area contributed by atoms with Crippen LogP contribution in [-0.4, -0.2) is 26.9 Å². The second-order valence-electron chi connectivity index (χ2n) is 5.05. The molecule has 0 fully saturated rings. The van der Waals surface area contributed by atoms with Gasteiger partial charge < -0.3 is 5.11 Å². The molecule has 1 aromatic carbocycles. The highest BCUT2D eigenvalue weighted by molar-refractivity contribution is 6.00. The third kappa shape index (κ3) is 3.68. The van der Waals surface area contributed by atoms with Crippen LogP contribution in [0, 0.1) is 0 Å². The fourth-order valence-corrected chi connectivity index (χ4v) is 1.74. The van der Waals surface area contributed by atoms with Crippen LogP contribution < -0.4 is 5.43 Å². The van der Waals surface area contributed by atoms with Crippen molar-refractivity contribution in [3.63, 3.8) is 0 Å². The quantitative estimate of drug-likeness (QED) is 0.595. The summed E-state index contributed by atoms with van der Waals surface area (Å²) >= 11 is 0. The molecule has 1 heterocycles. The molecule has 0 saturated carbocycles. The molecule has 0 atom stereocenters. The van der Waals surface area contributed by atoms with Crippen LogP contribution in [0.2, 0.25) is 0 Å². The summed E-state index contributed by atoms with van der Waals surface area (Å²) < 4.78 is 0. The maximum Gasteiger partial charge on any atom is 0.291 e. The zero-order chi connectivity index (χ0) is 15.4. The lowest BCUT2D eigenvalue weighted by Gasteiger charge is -2.02. The molecule has 2 aromatic rings. The maximum atomic E-state index is 11.9. The predicted octanol–water partition coefficient (Wildman–Crippen LogP) is 2.39. The fraction of sp³-hybridized carbons (Fsp3) is 0.267. The number of amides is 1. The number of aromatic nitrogens is 2. The van der Waals surface area contributed by atoms with Crippen LogP contribution in [-0.2, 0) is 0 Å². The van der Waals surface area contributed by atoms with E-state index < -0.39 is 0 Å². The zero-order valence-corrected chi connectivity index (χ0v) is 12.2. The van der Waals surface area contributed by atoms with Crippen molar-refractivity contribution in [3.05, 3.63) is 47.3 Å². The van der Waals surface area contributed by atoms with E-state index in [1.807, 2.05) is 13.8 Å². The molecule has 0 aliphatic carbocycles. The van der Waals surface area contributed by atoms with Gasteiger partial charge in [-0.15, -0.1) is 0 Å². The molecule has 3 N–H and O–H groups in total. The van der Waals surface area contributed by atoms with Gasteiger partial charge in [0.15, 0.2) is 5.69 Å². The number of phenolic OH excluding ortho intramolecular Hbond substituents is 1. The second-order valence-corrected chi connectivity index (χ2v) is 5.05. The molecule has 0 spiro atoms. The summed E-state index contributed by atoms with van der Waals surface area (Å²) in [5.41, 5.74) is 4.98. The first-order chi connectivity index (χ1) is 9.97. The van der Waals surface area contributed by atoms with Crippen LogP contribution in [0.15, 0.2) is 35.4 Å². The maximum absolute atomic E-state index is 11.9. The lowest BCUT2D eigenvalue weighted by molar-refractivity contribution is 0.0950. The molecule has 6 nitrogen and oxygen atoms in total. The van der Waals surface area contributed by atoms with Crippen molar-refractivity contribution < 1.29 is 9.90 Å². The average Bonchev–Trinajstić information content (AvgIpc) is 2.94. The molecule has 2 rings (SSSR count). The molecule has 1 amide bonds. The minimum atomic E-state index is -0.377. The standard InChI is InChI=1S/C15H18N4O2/c1-9(2)13-8-14(18-17-13)15(21)19-16-10(3)11-5-4-6-12(20)7-11/h4-9,20H,1-3H3,(H,17,18)(H,19,21)/b16-10-. The first-order valence-electron chi connectivity index (χ1n) is 6.66. The number of hydrazone groups is 1. The number of nitrogens with zero attached hydrogens (tertiary/aromatic N) is 2. The largest absolute Gasteiger partial charge is 0.508 e. The molecule has 0 bridgehead atoms. The van der Waals surface area contributed by atoms with Crippen molar-refractivity contribution in [2.24, 2.45) is 5.10 Å². The van der Waals surface area contributed by atoms with Crippen LogP contribution in [0.4, 0.5) is 0 Å². The number of phenols is 1. The smallest absolute Gasteiger partial charge is 0.291 e. The summed E-state index contributed by atoms with van der Waals surface area (Å²) in [5.74, 6) is 0.0523. The van der Waals surface area contributed by atoms with Crippen LogP contribution in [0.25, 0.3) is 0 Å². The van der Waals surface area contributed by atoms with Gasteiger partial charge in [0.25, 0.3) is 5.91 Å². The number of carbonyl (C=O) groups is 1. The van der Waals surface area contributed by atoms with Crippen molar-refractivity contribution in [2.75, 3.05) is 0 Å². The second kappa shape index (κ2) is 6.21. The fourth-order valence-electron chi connectivity index (χ4n) is 1.74. The van der Waals surface area contributed by atoms with Crippen molar-refractivity contribution in [3.8, 4) is 5.75 Å². The minimum absolute atomic E-state index is 0.155. The van der Waals surface area contributed by atoms with Gasteiger partial charge in [0.1, 0.15) is 5.75 Å². The van der Waals surface area contributed by atoms with Gasteiger partial charge in [0.2, 0.25) is 0 Å². The Bertz CT molecular complexity index is 674. The Morgan fingerprint density at radius 3 is 2.76 bits per heavy atom. The normalized spacial score (nSPS) is 11.7. The van der Waals surface area contributed by atoms with Gasteiger partial charge >= 0.3 is 0 Å². The number of rotatable bonds is 4. The lowest BCUT2D eigenvalue weighted by atomic mass is 10.1. The summed E-state index contributed by atoms with van der Waals surface area (Å²) in [5, 5.41) is 20.2. The monoisotopic (exact) mass is 286 g/mol. The Morgan fingerprint density at radius 1 is 1.38 bits per heavy atom. The van der Waals surface area contributed by atoms with Gasteiger partial charge in [0, 0.05) is 11.3 Å². The Kier molecular flexibility index (Phi) is 4.37. The van der Waals surface area contributed by atoms with Crippen LogP contribution in [0.5, 0.6) is 5.75 Å². The third-order valence-corrected chi connectivity index (χ3v) is 3.04. The van der Waals surface area contributed by atoms with Crippen molar-refractivity contribution in [1.82, 2.24) is 15.6 Å². The van der Waals surface area contributed by atoms with Crippen LogP contribution in [0.3, 0.4) is 0 Å². The van der Waals surface area contributed by atoms with Crippen molar-refractivity contribution in [2.45, 2.75) is 26.7 Å². The highest BCUT2D eigenvalue weighted by Crippen LogP contribution is 2.13. The number of nitrogens with one attached hydrogen (secondary N) is 2. The van der Waals surface area contributed by atoms with Gasteiger partial charge in [0.05, 0.1) is 5.71 Å². The van der Waals surface area contributed by atoms with E-state index >= 15 is 0 Å². The van der Waals surface area contributed by atoms with Crippen molar-refractivity contribution >= 4 is 11.6 Å². The number of H-pyrrole nitrogens is 1. The van der Waals surface area contributed by atoms with Gasteiger partial charge in [-0.3, -0.25) is 9.89 Å². The Labute approximate surface area is 122 Å². The summed E-state index contributed by atoms with van der Waals surface area (Å²) in [6, 6.07) is 8.38. The van der Waals surface area contributed by atoms with Crippen LogP contribution in [0.1, 0.15) is 48.4 Å². The van der Waals surface area contributed by atoms with E-state index in [0.29, 0.717) is 11.4 Å². The Balaban J connectivity index is 2.07. The van der Waals surface area contributed by atoms with E-state index in [9.17, 15) is 9.90 Å². The number of hydrogen-bond donors (Lipinski definition) is 3. The van der Waals surface area contributed by atoms with E-state index in [0.717, 1.165) is 11.3 Å². The van der Waals surface area contributed by atoms with E-state index in [2.05, 4.69) is 20.7 Å². The van der Waals surface area contributed by atoms with E-state index in [-0.39, 0.29) is 17.6 Å². The molecule has 1 aromatic heterocycles. The average molecular weight is 286 g/mol. The molecule has 0 unspecified atom stereocenters. The molecule has 0 saturated heterocycles. The molecule has 110 valence electrons. The Morgan fingerprint density at radius 2 is 2.14 bits per heavy atom. The van der Waals surface area contributed by atoms with Gasteiger partial charge in [-0.25, -0.2) is 5.43 Å².